The Balaban J connectivity index is 1.39. The highest BCUT2D eigenvalue weighted by atomic mass is 16.2. The van der Waals surface area contributed by atoms with Crippen molar-refractivity contribution in [2.24, 2.45) is 0 Å². The van der Waals surface area contributed by atoms with Crippen molar-refractivity contribution >= 4 is 28.5 Å². The second kappa shape index (κ2) is 7.00. The van der Waals surface area contributed by atoms with E-state index in [0.717, 1.165) is 29.7 Å². The van der Waals surface area contributed by atoms with Crippen LogP contribution in [-0.4, -0.2) is 27.8 Å². The molecule has 1 aliphatic carbocycles. The number of anilines is 1. The summed E-state index contributed by atoms with van der Waals surface area (Å²) in [5, 5.41) is 5.80. The zero-order chi connectivity index (χ0) is 17.9. The van der Waals surface area contributed by atoms with Crippen molar-refractivity contribution < 1.29 is 9.59 Å². The van der Waals surface area contributed by atoms with Crippen LogP contribution in [-0.2, 0) is 11.2 Å². The van der Waals surface area contributed by atoms with E-state index in [1.807, 2.05) is 30.3 Å². The normalized spacial score (nSPS) is 13.5. The van der Waals surface area contributed by atoms with Crippen LogP contribution in [0.2, 0.25) is 0 Å². The highest BCUT2D eigenvalue weighted by Crippen LogP contribution is 2.21. The Kier molecular flexibility index (Phi) is 4.39. The van der Waals surface area contributed by atoms with E-state index in [1.54, 1.807) is 18.2 Å². The number of para-hydroxylation sites is 3. The molecule has 0 atom stereocenters. The Morgan fingerprint density at radius 1 is 1.08 bits per heavy atom. The molecule has 0 spiro atoms. The van der Waals surface area contributed by atoms with Crippen LogP contribution < -0.4 is 10.6 Å². The number of nitrogens with zero attached hydrogens (tertiary/aromatic N) is 1. The molecular formula is C20H20N4O2. The summed E-state index contributed by atoms with van der Waals surface area (Å²) in [7, 11) is 0. The maximum Gasteiger partial charge on any atom is 0.253 e. The van der Waals surface area contributed by atoms with Crippen molar-refractivity contribution in [1.82, 2.24) is 15.3 Å². The topological polar surface area (TPSA) is 86.9 Å². The molecule has 132 valence electrons. The fraction of sp³-hybridized carbons (Fsp3) is 0.250. The van der Waals surface area contributed by atoms with Crippen LogP contribution in [0.15, 0.2) is 48.5 Å². The van der Waals surface area contributed by atoms with E-state index < -0.39 is 0 Å². The molecule has 1 aliphatic rings. The molecule has 1 heterocycles. The van der Waals surface area contributed by atoms with Gasteiger partial charge in [-0.25, -0.2) is 4.98 Å². The van der Waals surface area contributed by atoms with Gasteiger partial charge in [-0.3, -0.25) is 9.59 Å². The molecule has 1 fully saturated rings. The van der Waals surface area contributed by atoms with Gasteiger partial charge in [0.05, 0.1) is 22.3 Å². The third-order valence-electron chi connectivity index (χ3n) is 4.39. The average Bonchev–Trinajstić information content (AvgIpc) is 3.35. The Morgan fingerprint density at radius 2 is 1.85 bits per heavy atom. The maximum atomic E-state index is 12.3. The fourth-order valence-corrected chi connectivity index (χ4v) is 2.85. The summed E-state index contributed by atoms with van der Waals surface area (Å²) in [6.45, 7) is 0. The summed E-state index contributed by atoms with van der Waals surface area (Å²) >= 11 is 0. The first-order valence-corrected chi connectivity index (χ1v) is 8.82. The summed E-state index contributed by atoms with van der Waals surface area (Å²) in [4.78, 5) is 32.3. The van der Waals surface area contributed by atoms with Crippen LogP contribution in [0.25, 0.3) is 11.0 Å². The second-order valence-corrected chi connectivity index (χ2v) is 6.54. The third-order valence-corrected chi connectivity index (χ3v) is 4.39. The lowest BCUT2D eigenvalue weighted by Gasteiger charge is -2.11. The zero-order valence-corrected chi connectivity index (χ0v) is 14.3. The van der Waals surface area contributed by atoms with E-state index in [0.29, 0.717) is 24.1 Å². The quantitative estimate of drug-likeness (QED) is 0.640. The number of amides is 2. The van der Waals surface area contributed by atoms with Gasteiger partial charge in [0, 0.05) is 18.9 Å². The molecule has 1 aromatic heterocycles. The molecule has 0 bridgehead atoms. The number of aromatic nitrogens is 2. The van der Waals surface area contributed by atoms with Gasteiger partial charge in [0.2, 0.25) is 5.91 Å². The highest BCUT2D eigenvalue weighted by molar-refractivity contribution is 6.03. The number of rotatable bonds is 6. The Labute approximate surface area is 151 Å². The van der Waals surface area contributed by atoms with Gasteiger partial charge in [0.1, 0.15) is 5.82 Å². The summed E-state index contributed by atoms with van der Waals surface area (Å²) in [6.07, 6.45) is 2.85. The van der Waals surface area contributed by atoms with Crippen molar-refractivity contribution in [1.29, 1.82) is 0 Å². The number of hydrogen-bond donors (Lipinski definition) is 3. The summed E-state index contributed by atoms with van der Waals surface area (Å²) in [5.74, 6) is 0.499. The molecule has 3 aromatic rings. The fourth-order valence-electron chi connectivity index (χ4n) is 2.85. The number of aromatic amines is 1. The van der Waals surface area contributed by atoms with Crippen LogP contribution in [0.1, 0.15) is 35.4 Å². The van der Waals surface area contributed by atoms with E-state index in [2.05, 4.69) is 20.6 Å². The molecule has 0 aliphatic heterocycles. The Bertz CT molecular complexity index is 926. The summed E-state index contributed by atoms with van der Waals surface area (Å²) in [5.41, 5.74) is 2.90. The number of H-pyrrole nitrogens is 1. The number of benzene rings is 2. The second-order valence-electron chi connectivity index (χ2n) is 6.54. The first-order valence-electron chi connectivity index (χ1n) is 8.82. The first kappa shape index (κ1) is 16.3. The van der Waals surface area contributed by atoms with Crippen molar-refractivity contribution in [3.63, 3.8) is 0 Å². The third kappa shape index (κ3) is 3.74. The molecular weight excluding hydrogens is 328 g/mol. The van der Waals surface area contributed by atoms with Crippen LogP contribution in [0.3, 0.4) is 0 Å². The molecule has 0 radical (unpaired) electrons. The molecule has 1 saturated carbocycles. The predicted molar refractivity (Wildman–Crippen MR) is 100.0 cm³/mol. The van der Waals surface area contributed by atoms with E-state index >= 15 is 0 Å². The minimum Gasteiger partial charge on any atom is -0.349 e. The molecule has 2 amide bonds. The summed E-state index contributed by atoms with van der Waals surface area (Å²) in [6, 6.07) is 15.1. The molecule has 3 N–H and O–H groups in total. The lowest BCUT2D eigenvalue weighted by atomic mass is 10.1. The molecule has 6 nitrogen and oxygen atoms in total. The van der Waals surface area contributed by atoms with Crippen LogP contribution in [0.4, 0.5) is 5.69 Å². The van der Waals surface area contributed by atoms with Gasteiger partial charge >= 0.3 is 0 Å². The molecule has 0 saturated heterocycles. The number of carbonyl (C=O) groups is 2. The minimum atomic E-state index is -0.142. The number of carbonyl (C=O) groups excluding carboxylic acids is 2. The van der Waals surface area contributed by atoms with E-state index in [9.17, 15) is 9.59 Å². The van der Waals surface area contributed by atoms with E-state index in [4.69, 9.17) is 0 Å². The zero-order valence-electron chi connectivity index (χ0n) is 14.3. The maximum absolute atomic E-state index is 12.3. The molecule has 4 rings (SSSR count). The number of nitrogens with one attached hydrogen (secondary N) is 3. The van der Waals surface area contributed by atoms with Gasteiger partial charge in [-0.05, 0) is 37.1 Å². The van der Waals surface area contributed by atoms with Crippen molar-refractivity contribution in [3.05, 3.63) is 59.9 Å². The molecule has 2 aromatic carbocycles. The van der Waals surface area contributed by atoms with Gasteiger partial charge in [-0.1, -0.05) is 24.3 Å². The number of fused-ring (bicyclic) bond motifs is 1. The highest BCUT2D eigenvalue weighted by Gasteiger charge is 2.25. The average molecular weight is 348 g/mol. The minimum absolute atomic E-state index is 0.138. The Hall–Kier alpha value is -3.15. The lowest BCUT2D eigenvalue weighted by Crippen LogP contribution is -2.27. The molecule has 26 heavy (non-hydrogen) atoms. The van der Waals surface area contributed by atoms with Gasteiger partial charge in [0.15, 0.2) is 0 Å². The van der Waals surface area contributed by atoms with Crippen LogP contribution >= 0.6 is 0 Å². The van der Waals surface area contributed by atoms with Crippen molar-refractivity contribution in [2.45, 2.75) is 31.7 Å². The largest absolute Gasteiger partial charge is 0.349 e. The van der Waals surface area contributed by atoms with Gasteiger partial charge in [0.25, 0.3) is 5.91 Å². The lowest BCUT2D eigenvalue weighted by molar-refractivity contribution is -0.116. The first-order chi connectivity index (χ1) is 12.7. The monoisotopic (exact) mass is 348 g/mol. The number of imidazole rings is 1. The van der Waals surface area contributed by atoms with Crippen LogP contribution in [0, 0.1) is 0 Å². The smallest absolute Gasteiger partial charge is 0.253 e. The molecule has 0 unspecified atom stereocenters. The SMILES string of the molecule is O=C(CCc1nc2ccccc2[nH]1)Nc1ccccc1C(=O)NC1CC1. The predicted octanol–water partition coefficient (Wildman–Crippen LogP) is 3.03. The van der Waals surface area contributed by atoms with Crippen molar-refractivity contribution in [3.8, 4) is 0 Å². The van der Waals surface area contributed by atoms with Gasteiger partial charge in [-0.15, -0.1) is 0 Å². The summed E-state index contributed by atoms with van der Waals surface area (Å²) < 4.78 is 0. The van der Waals surface area contributed by atoms with E-state index in [-0.39, 0.29) is 17.9 Å². The Morgan fingerprint density at radius 3 is 2.65 bits per heavy atom. The number of aryl methyl sites for hydroxylation is 1. The van der Waals surface area contributed by atoms with Gasteiger partial charge in [-0.2, -0.15) is 0 Å². The van der Waals surface area contributed by atoms with Crippen LogP contribution in [0.5, 0.6) is 0 Å². The van der Waals surface area contributed by atoms with Gasteiger partial charge < -0.3 is 15.6 Å². The number of hydrogen-bond acceptors (Lipinski definition) is 3. The van der Waals surface area contributed by atoms with E-state index in [1.165, 1.54) is 0 Å². The standard InChI is InChI=1S/C20H20N4O2/c25-19(12-11-18-22-16-7-3-4-8-17(16)23-18)24-15-6-2-1-5-14(15)20(26)21-13-9-10-13/h1-8,13H,9-12H2,(H,21,26)(H,22,23)(H,24,25). The molecule has 6 heteroatoms. The van der Waals surface area contributed by atoms with Crippen molar-refractivity contribution in [2.75, 3.05) is 5.32 Å².